The lowest BCUT2D eigenvalue weighted by Gasteiger charge is -2.17. The SMILES string of the molecule is CC1(c2ccc3ncc(-c4cccc(N[C@H]5CCC[C@@H]5O)n4)n3c2)CC1. The van der Waals surface area contributed by atoms with Crippen molar-refractivity contribution in [3.05, 3.63) is 48.3 Å². The van der Waals surface area contributed by atoms with Crippen molar-refractivity contribution >= 4 is 11.5 Å². The monoisotopic (exact) mass is 348 g/mol. The Labute approximate surface area is 153 Å². The van der Waals surface area contributed by atoms with Crippen LogP contribution in [0.4, 0.5) is 5.82 Å². The summed E-state index contributed by atoms with van der Waals surface area (Å²) in [7, 11) is 0. The Balaban J connectivity index is 1.50. The van der Waals surface area contributed by atoms with Crippen LogP contribution in [0.15, 0.2) is 42.7 Å². The molecule has 3 heterocycles. The molecule has 2 atom stereocenters. The topological polar surface area (TPSA) is 62.5 Å². The lowest BCUT2D eigenvalue weighted by Crippen LogP contribution is -2.28. The number of imidazole rings is 1. The van der Waals surface area contributed by atoms with Crippen LogP contribution in [-0.2, 0) is 5.41 Å². The van der Waals surface area contributed by atoms with Crippen LogP contribution in [-0.4, -0.2) is 31.6 Å². The zero-order valence-corrected chi connectivity index (χ0v) is 15.0. The number of aliphatic hydroxyl groups excluding tert-OH is 1. The van der Waals surface area contributed by atoms with Crippen LogP contribution in [0.3, 0.4) is 0 Å². The fourth-order valence-electron chi connectivity index (χ4n) is 3.96. The van der Waals surface area contributed by atoms with E-state index in [0.29, 0.717) is 5.41 Å². The summed E-state index contributed by atoms with van der Waals surface area (Å²) >= 11 is 0. The molecule has 3 aromatic heterocycles. The van der Waals surface area contributed by atoms with Gasteiger partial charge in [0.05, 0.1) is 29.7 Å². The Bertz CT molecular complexity index is 960. The number of rotatable bonds is 4. The van der Waals surface area contributed by atoms with Gasteiger partial charge < -0.3 is 10.4 Å². The average molecular weight is 348 g/mol. The van der Waals surface area contributed by atoms with Gasteiger partial charge in [-0.2, -0.15) is 0 Å². The van der Waals surface area contributed by atoms with E-state index >= 15 is 0 Å². The van der Waals surface area contributed by atoms with E-state index in [-0.39, 0.29) is 12.1 Å². The number of aliphatic hydroxyl groups is 1. The van der Waals surface area contributed by atoms with Crippen molar-refractivity contribution < 1.29 is 5.11 Å². The molecule has 2 aliphatic carbocycles. The first-order valence-electron chi connectivity index (χ1n) is 9.52. The van der Waals surface area contributed by atoms with Crippen LogP contribution < -0.4 is 5.32 Å². The highest BCUT2D eigenvalue weighted by Crippen LogP contribution is 2.47. The Morgan fingerprint density at radius 3 is 2.85 bits per heavy atom. The zero-order valence-electron chi connectivity index (χ0n) is 15.0. The Hall–Kier alpha value is -2.40. The van der Waals surface area contributed by atoms with Gasteiger partial charge in [0, 0.05) is 6.20 Å². The van der Waals surface area contributed by atoms with Crippen molar-refractivity contribution in [2.75, 3.05) is 5.32 Å². The summed E-state index contributed by atoms with van der Waals surface area (Å²) in [4.78, 5) is 9.33. The Morgan fingerprint density at radius 1 is 1.19 bits per heavy atom. The Kier molecular flexibility index (Phi) is 3.54. The van der Waals surface area contributed by atoms with Crippen molar-refractivity contribution in [3.63, 3.8) is 0 Å². The van der Waals surface area contributed by atoms with Gasteiger partial charge in [0.2, 0.25) is 0 Å². The molecule has 0 unspecified atom stereocenters. The molecule has 0 spiro atoms. The van der Waals surface area contributed by atoms with E-state index in [0.717, 1.165) is 42.1 Å². The maximum absolute atomic E-state index is 10.1. The number of nitrogens with zero attached hydrogens (tertiary/aromatic N) is 3. The third kappa shape index (κ3) is 2.67. The molecular weight excluding hydrogens is 324 g/mol. The van der Waals surface area contributed by atoms with Gasteiger partial charge in [-0.05, 0) is 61.3 Å². The van der Waals surface area contributed by atoms with E-state index in [1.165, 1.54) is 18.4 Å². The van der Waals surface area contributed by atoms with E-state index in [1.54, 1.807) is 0 Å². The standard InChI is InChI=1S/C21H24N4O/c1-21(10-11-21)14-8-9-20-22-12-17(25(20)13-14)15-4-3-7-19(23-15)24-16-5-2-6-18(16)26/h3-4,7-9,12-13,16,18,26H,2,5-6,10-11H2,1H3,(H,23,24)/t16-,18-/m0/s1. The second-order valence-electron chi connectivity index (χ2n) is 8.01. The number of pyridine rings is 2. The molecule has 26 heavy (non-hydrogen) atoms. The quantitative estimate of drug-likeness (QED) is 0.753. The molecule has 0 aromatic carbocycles. The molecule has 3 aromatic rings. The predicted octanol–water partition coefficient (Wildman–Crippen LogP) is 3.77. The zero-order chi connectivity index (χ0) is 17.7. The molecule has 5 rings (SSSR count). The molecule has 2 saturated carbocycles. The minimum atomic E-state index is -0.280. The van der Waals surface area contributed by atoms with Crippen molar-refractivity contribution in [1.82, 2.24) is 14.4 Å². The summed E-state index contributed by atoms with van der Waals surface area (Å²) in [5, 5.41) is 13.4. The van der Waals surface area contributed by atoms with E-state index in [9.17, 15) is 5.11 Å². The largest absolute Gasteiger partial charge is 0.391 e. The molecule has 0 amide bonds. The van der Waals surface area contributed by atoms with Crippen molar-refractivity contribution in [3.8, 4) is 11.4 Å². The summed E-state index contributed by atoms with van der Waals surface area (Å²) in [5.74, 6) is 0.814. The molecule has 2 N–H and O–H groups in total. The van der Waals surface area contributed by atoms with Gasteiger partial charge in [0.1, 0.15) is 11.5 Å². The summed E-state index contributed by atoms with van der Waals surface area (Å²) in [6.07, 6.45) is 9.26. The first kappa shape index (κ1) is 15.8. The first-order valence-corrected chi connectivity index (χ1v) is 9.52. The number of fused-ring (bicyclic) bond motifs is 1. The van der Waals surface area contributed by atoms with Crippen LogP contribution in [0.2, 0.25) is 0 Å². The van der Waals surface area contributed by atoms with Crippen LogP contribution in [0.25, 0.3) is 17.0 Å². The van der Waals surface area contributed by atoms with Crippen LogP contribution >= 0.6 is 0 Å². The highest BCUT2D eigenvalue weighted by Gasteiger charge is 2.39. The third-order valence-electron chi connectivity index (χ3n) is 6.03. The first-order chi connectivity index (χ1) is 12.6. The lowest BCUT2D eigenvalue weighted by atomic mass is 10.0. The van der Waals surface area contributed by atoms with Crippen LogP contribution in [0, 0.1) is 0 Å². The Morgan fingerprint density at radius 2 is 2.08 bits per heavy atom. The number of hydrogen-bond acceptors (Lipinski definition) is 4. The van der Waals surface area contributed by atoms with Gasteiger partial charge in [0.15, 0.2) is 0 Å². The minimum Gasteiger partial charge on any atom is -0.391 e. The maximum Gasteiger partial charge on any atom is 0.137 e. The molecule has 0 radical (unpaired) electrons. The summed E-state index contributed by atoms with van der Waals surface area (Å²) in [6, 6.07) is 10.4. The van der Waals surface area contributed by atoms with Crippen LogP contribution in [0.1, 0.15) is 44.6 Å². The third-order valence-corrected chi connectivity index (χ3v) is 6.03. The minimum absolute atomic E-state index is 0.0985. The van der Waals surface area contributed by atoms with Crippen molar-refractivity contribution in [1.29, 1.82) is 0 Å². The molecule has 0 aliphatic heterocycles. The van der Waals surface area contributed by atoms with Crippen molar-refractivity contribution in [2.24, 2.45) is 0 Å². The molecule has 2 fully saturated rings. The summed E-state index contributed by atoms with van der Waals surface area (Å²) in [5.41, 5.74) is 4.53. The van der Waals surface area contributed by atoms with Gasteiger partial charge in [-0.25, -0.2) is 9.97 Å². The molecule has 2 aliphatic rings. The van der Waals surface area contributed by atoms with Gasteiger partial charge in [-0.1, -0.05) is 19.1 Å². The van der Waals surface area contributed by atoms with Crippen LogP contribution in [0.5, 0.6) is 0 Å². The second-order valence-corrected chi connectivity index (χ2v) is 8.01. The van der Waals surface area contributed by atoms with E-state index < -0.39 is 0 Å². The van der Waals surface area contributed by atoms with E-state index in [4.69, 9.17) is 4.98 Å². The average Bonchev–Trinajstić information content (AvgIpc) is 3.08. The van der Waals surface area contributed by atoms with Crippen molar-refractivity contribution in [2.45, 2.75) is 56.6 Å². The van der Waals surface area contributed by atoms with Gasteiger partial charge in [-0.3, -0.25) is 4.40 Å². The van der Waals surface area contributed by atoms with Gasteiger partial charge >= 0.3 is 0 Å². The molecule has 0 saturated heterocycles. The van der Waals surface area contributed by atoms with E-state index in [1.807, 2.05) is 24.4 Å². The molecule has 5 nitrogen and oxygen atoms in total. The molecular formula is C21H24N4O. The second kappa shape index (κ2) is 5.81. The molecule has 134 valence electrons. The molecule has 5 heteroatoms. The number of hydrogen-bond donors (Lipinski definition) is 2. The number of anilines is 1. The van der Waals surface area contributed by atoms with Gasteiger partial charge in [-0.15, -0.1) is 0 Å². The normalized spacial score (nSPS) is 24.1. The summed E-state index contributed by atoms with van der Waals surface area (Å²) in [6.45, 7) is 2.32. The number of aromatic nitrogens is 3. The van der Waals surface area contributed by atoms with Gasteiger partial charge in [0.25, 0.3) is 0 Å². The lowest BCUT2D eigenvalue weighted by molar-refractivity contribution is 0.171. The highest BCUT2D eigenvalue weighted by molar-refractivity contribution is 5.62. The highest BCUT2D eigenvalue weighted by atomic mass is 16.3. The fourth-order valence-corrected chi connectivity index (χ4v) is 3.96. The molecule has 0 bridgehead atoms. The summed E-state index contributed by atoms with van der Waals surface area (Å²) < 4.78 is 2.15. The fraction of sp³-hybridized carbons (Fsp3) is 0.429. The predicted molar refractivity (Wildman–Crippen MR) is 102 cm³/mol. The van der Waals surface area contributed by atoms with E-state index in [2.05, 4.69) is 40.0 Å². The maximum atomic E-state index is 10.1. The smallest absolute Gasteiger partial charge is 0.137 e. The number of nitrogens with one attached hydrogen (secondary N) is 1.